The van der Waals surface area contributed by atoms with Gasteiger partial charge in [0.15, 0.2) is 0 Å². The van der Waals surface area contributed by atoms with Gasteiger partial charge in [-0.1, -0.05) is 22.0 Å². The number of benzene rings is 2. The zero-order valence-electron chi connectivity index (χ0n) is 10.5. The lowest BCUT2D eigenvalue weighted by Crippen LogP contribution is -2.12. The molecule has 2 N–H and O–H groups in total. The molecule has 0 amide bonds. The summed E-state index contributed by atoms with van der Waals surface area (Å²) in [5.41, 5.74) is 3.36. The Morgan fingerprint density at radius 2 is 2.11 bits per heavy atom. The first-order valence-corrected chi connectivity index (χ1v) is 6.91. The minimum absolute atomic E-state index is 0.114. The van der Waals surface area contributed by atoms with Crippen molar-refractivity contribution in [2.75, 3.05) is 11.9 Å². The van der Waals surface area contributed by atoms with Crippen molar-refractivity contribution in [3.8, 4) is 11.5 Å². The summed E-state index contributed by atoms with van der Waals surface area (Å²) in [4.78, 5) is 0. The van der Waals surface area contributed by atoms with Crippen LogP contribution in [0.3, 0.4) is 0 Å². The molecule has 0 radical (unpaired) electrons. The van der Waals surface area contributed by atoms with E-state index in [1.165, 1.54) is 5.56 Å². The predicted octanol–water partition coefficient (Wildman–Crippen LogP) is 4.01. The highest BCUT2D eigenvalue weighted by molar-refractivity contribution is 9.10. The lowest BCUT2D eigenvalue weighted by atomic mass is 10.1. The molecule has 1 atom stereocenters. The number of phenolic OH excluding ortho intramolecular Hbond substituents is 1. The lowest BCUT2D eigenvalue weighted by Gasteiger charge is -2.15. The molecule has 0 aliphatic carbocycles. The quantitative estimate of drug-likeness (QED) is 0.878. The minimum atomic E-state index is 0.114. The molecule has 0 saturated carbocycles. The van der Waals surface area contributed by atoms with Crippen LogP contribution in [0.15, 0.2) is 40.9 Å². The second-order valence-corrected chi connectivity index (χ2v) is 5.60. The molecule has 19 heavy (non-hydrogen) atoms. The molecule has 1 unspecified atom stereocenters. The number of halogens is 1. The summed E-state index contributed by atoms with van der Waals surface area (Å²) in [6.07, 6.45) is 0. The first-order valence-electron chi connectivity index (χ1n) is 6.12. The Bertz CT molecular complexity index is 628. The van der Waals surface area contributed by atoms with Gasteiger partial charge < -0.3 is 15.2 Å². The summed E-state index contributed by atoms with van der Waals surface area (Å²) >= 11 is 3.48. The Morgan fingerprint density at radius 3 is 2.95 bits per heavy atom. The third kappa shape index (κ3) is 2.40. The molecule has 2 aromatic carbocycles. The fourth-order valence-corrected chi connectivity index (χ4v) is 2.62. The van der Waals surface area contributed by atoms with Crippen molar-refractivity contribution in [3.63, 3.8) is 0 Å². The fourth-order valence-electron chi connectivity index (χ4n) is 2.26. The molecular formula is C15H14BrNO2. The third-order valence-corrected chi connectivity index (χ3v) is 3.80. The maximum atomic E-state index is 9.45. The van der Waals surface area contributed by atoms with E-state index in [9.17, 15) is 5.11 Å². The zero-order chi connectivity index (χ0) is 13.4. The molecule has 1 aliphatic rings. The van der Waals surface area contributed by atoms with Gasteiger partial charge in [0.05, 0.1) is 6.04 Å². The smallest absolute Gasteiger partial charge is 0.128 e. The van der Waals surface area contributed by atoms with Gasteiger partial charge in [-0.2, -0.15) is 0 Å². The lowest BCUT2D eigenvalue weighted by molar-refractivity contribution is 0.338. The van der Waals surface area contributed by atoms with E-state index < -0.39 is 0 Å². The average molecular weight is 320 g/mol. The van der Waals surface area contributed by atoms with Gasteiger partial charge in [0, 0.05) is 21.8 Å². The summed E-state index contributed by atoms with van der Waals surface area (Å²) in [5, 5.41) is 12.9. The number of hydrogen-bond acceptors (Lipinski definition) is 3. The topological polar surface area (TPSA) is 41.5 Å². The highest BCUT2D eigenvalue weighted by Gasteiger charge is 2.24. The Morgan fingerprint density at radius 1 is 1.26 bits per heavy atom. The maximum Gasteiger partial charge on any atom is 0.128 e. The third-order valence-electron chi connectivity index (χ3n) is 3.31. The zero-order valence-corrected chi connectivity index (χ0v) is 12.1. The van der Waals surface area contributed by atoms with E-state index in [1.54, 1.807) is 12.1 Å². The highest BCUT2D eigenvalue weighted by Crippen LogP contribution is 2.37. The summed E-state index contributed by atoms with van der Waals surface area (Å²) in [5.74, 6) is 0.989. The Kier molecular flexibility index (Phi) is 3.11. The van der Waals surface area contributed by atoms with Crippen LogP contribution in [0.25, 0.3) is 0 Å². The summed E-state index contributed by atoms with van der Waals surface area (Å²) in [7, 11) is 0. The number of fused-ring (bicyclic) bond motifs is 1. The number of aryl methyl sites for hydroxylation is 1. The number of rotatable bonds is 2. The molecule has 0 bridgehead atoms. The number of hydrogen-bond donors (Lipinski definition) is 2. The van der Waals surface area contributed by atoms with E-state index in [1.807, 2.05) is 12.1 Å². The molecule has 2 aromatic rings. The van der Waals surface area contributed by atoms with Gasteiger partial charge >= 0.3 is 0 Å². The summed E-state index contributed by atoms with van der Waals surface area (Å²) < 4.78 is 6.65. The molecule has 0 fully saturated rings. The first kappa shape index (κ1) is 12.4. The molecular weight excluding hydrogens is 306 g/mol. The number of aromatic hydroxyl groups is 1. The van der Waals surface area contributed by atoms with E-state index in [0.717, 1.165) is 21.5 Å². The standard InChI is InChI=1S/C15H14BrNO2/c1-9-2-3-10(16)6-13(9)17-14-8-19-15-7-11(18)4-5-12(14)15/h2-7,14,17-18H,8H2,1H3. The number of phenols is 1. The molecule has 98 valence electrons. The van der Waals surface area contributed by atoms with Gasteiger partial charge in [0.25, 0.3) is 0 Å². The van der Waals surface area contributed by atoms with Crippen molar-refractivity contribution in [1.82, 2.24) is 0 Å². The first-order chi connectivity index (χ1) is 9.13. The van der Waals surface area contributed by atoms with Crippen LogP contribution in [-0.4, -0.2) is 11.7 Å². The molecule has 1 heterocycles. The second kappa shape index (κ2) is 4.78. The SMILES string of the molecule is Cc1ccc(Br)cc1NC1COc2cc(O)ccc21. The highest BCUT2D eigenvalue weighted by atomic mass is 79.9. The van der Waals surface area contributed by atoms with Crippen LogP contribution in [0.5, 0.6) is 11.5 Å². The van der Waals surface area contributed by atoms with E-state index in [-0.39, 0.29) is 11.8 Å². The molecule has 0 spiro atoms. The van der Waals surface area contributed by atoms with Crippen molar-refractivity contribution in [1.29, 1.82) is 0 Å². The molecule has 3 rings (SSSR count). The molecule has 1 aliphatic heterocycles. The van der Waals surface area contributed by atoms with Gasteiger partial charge in [-0.05, 0) is 36.8 Å². The van der Waals surface area contributed by atoms with E-state index in [2.05, 4.69) is 40.3 Å². The van der Waals surface area contributed by atoms with E-state index >= 15 is 0 Å². The largest absolute Gasteiger partial charge is 0.508 e. The Hall–Kier alpha value is -1.68. The van der Waals surface area contributed by atoms with Crippen LogP contribution in [0.4, 0.5) is 5.69 Å². The molecule has 3 nitrogen and oxygen atoms in total. The van der Waals surface area contributed by atoms with Crippen molar-refractivity contribution < 1.29 is 9.84 Å². The van der Waals surface area contributed by atoms with Crippen molar-refractivity contribution in [2.24, 2.45) is 0 Å². The van der Waals surface area contributed by atoms with Crippen molar-refractivity contribution in [3.05, 3.63) is 52.0 Å². The summed E-state index contributed by atoms with van der Waals surface area (Å²) in [6, 6.07) is 11.5. The van der Waals surface area contributed by atoms with Crippen molar-refractivity contribution >= 4 is 21.6 Å². The van der Waals surface area contributed by atoms with E-state index in [4.69, 9.17) is 4.74 Å². The van der Waals surface area contributed by atoms with Crippen LogP contribution < -0.4 is 10.1 Å². The van der Waals surface area contributed by atoms with E-state index in [0.29, 0.717) is 6.61 Å². The van der Waals surface area contributed by atoms with Gasteiger partial charge in [0.1, 0.15) is 18.1 Å². The minimum Gasteiger partial charge on any atom is -0.508 e. The molecule has 0 aromatic heterocycles. The van der Waals surface area contributed by atoms with Crippen molar-refractivity contribution in [2.45, 2.75) is 13.0 Å². The Balaban J connectivity index is 1.88. The fraction of sp³-hybridized carbons (Fsp3) is 0.200. The average Bonchev–Trinajstić information content (AvgIpc) is 2.76. The van der Waals surface area contributed by atoms with Gasteiger partial charge in [-0.3, -0.25) is 0 Å². The number of nitrogens with one attached hydrogen (secondary N) is 1. The van der Waals surface area contributed by atoms with Gasteiger partial charge in [-0.15, -0.1) is 0 Å². The van der Waals surface area contributed by atoms with Crippen LogP contribution in [0, 0.1) is 6.92 Å². The van der Waals surface area contributed by atoms with Gasteiger partial charge in [-0.25, -0.2) is 0 Å². The van der Waals surface area contributed by atoms with Crippen LogP contribution in [-0.2, 0) is 0 Å². The summed E-state index contributed by atoms with van der Waals surface area (Å²) in [6.45, 7) is 2.65. The second-order valence-electron chi connectivity index (χ2n) is 4.69. The van der Waals surface area contributed by atoms with Crippen LogP contribution in [0.1, 0.15) is 17.2 Å². The Labute approximate surface area is 120 Å². The van der Waals surface area contributed by atoms with Crippen LogP contribution in [0.2, 0.25) is 0 Å². The maximum absolute atomic E-state index is 9.45. The number of anilines is 1. The number of ether oxygens (including phenoxy) is 1. The predicted molar refractivity (Wildman–Crippen MR) is 78.8 cm³/mol. The normalized spacial score (nSPS) is 16.8. The molecule has 4 heteroatoms. The van der Waals surface area contributed by atoms with Gasteiger partial charge in [0.2, 0.25) is 0 Å². The van der Waals surface area contributed by atoms with Crippen LogP contribution >= 0.6 is 15.9 Å². The molecule has 0 saturated heterocycles. The monoisotopic (exact) mass is 319 g/mol.